The molecule has 1 aromatic heterocycles. The Balaban J connectivity index is 2.28. The van der Waals surface area contributed by atoms with Gasteiger partial charge in [-0.3, -0.25) is 4.79 Å². The van der Waals surface area contributed by atoms with Gasteiger partial charge in [-0.25, -0.2) is 4.99 Å². The highest BCUT2D eigenvalue weighted by Crippen LogP contribution is 2.38. The predicted molar refractivity (Wildman–Crippen MR) is 81.9 cm³/mol. The maximum atomic E-state index is 12.1. The maximum absolute atomic E-state index is 12.1. The highest BCUT2D eigenvalue weighted by Gasteiger charge is 2.32. The number of fused-ring (bicyclic) bond motifs is 1. The number of aliphatic imine (C=N–C) groups is 1. The van der Waals surface area contributed by atoms with Gasteiger partial charge in [0.2, 0.25) is 0 Å². The maximum Gasteiger partial charge on any atom is 0.312 e. The second-order valence-corrected chi connectivity index (χ2v) is 5.25. The largest absolute Gasteiger partial charge is 0.490 e. The van der Waals surface area contributed by atoms with Crippen LogP contribution >= 0.6 is 0 Å². The number of carbonyl (C=O) groups is 1. The standard InChI is InChI=1S/C16H17N3O2/c1-10-13-12(9-18(10)2)19(3)16(21)15(20)17-14(13)11-7-5-4-6-8-11/h4-9,14H,1-3H3,(H,17,20). The first-order chi connectivity index (χ1) is 10.0. The normalized spacial score (nSPS) is 18.2. The van der Waals surface area contributed by atoms with E-state index in [0.29, 0.717) is 0 Å². The van der Waals surface area contributed by atoms with Gasteiger partial charge in [-0.1, -0.05) is 30.3 Å². The summed E-state index contributed by atoms with van der Waals surface area (Å²) in [7, 11) is 3.59. The van der Waals surface area contributed by atoms with Crippen molar-refractivity contribution in [3.05, 3.63) is 53.3 Å². The third-order valence-electron chi connectivity index (χ3n) is 4.01. The molecule has 0 saturated heterocycles. The van der Waals surface area contributed by atoms with E-state index in [4.69, 9.17) is 0 Å². The van der Waals surface area contributed by atoms with Gasteiger partial charge in [0, 0.05) is 31.5 Å². The summed E-state index contributed by atoms with van der Waals surface area (Å²) in [6.07, 6.45) is 1.90. The molecule has 1 atom stereocenters. The van der Waals surface area contributed by atoms with Crippen LogP contribution in [0.3, 0.4) is 0 Å². The van der Waals surface area contributed by atoms with Crippen molar-refractivity contribution in [3.8, 4) is 0 Å². The lowest BCUT2D eigenvalue weighted by molar-refractivity contribution is -0.113. The van der Waals surface area contributed by atoms with E-state index in [-0.39, 0.29) is 6.04 Å². The Kier molecular flexibility index (Phi) is 3.05. The zero-order chi connectivity index (χ0) is 15.1. The summed E-state index contributed by atoms with van der Waals surface area (Å²) in [6, 6.07) is 9.31. The van der Waals surface area contributed by atoms with Crippen LogP contribution in [0.2, 0.25) is 0 Å². The molecule has 1 aliphatic heterocycles. The van der Waals surface area contributed by atoms with E-state index < -0.39 is 11.8 Å². The van der Waals surface area contributed by atoms with Gasteiger partial charge in [0.15, 0.2) is 0 Å². The fourth-order valence-corrected chi connectivity index (χ4v) is 2.71. The molecule has 1 unspecified atom stereocenters. The van der Waals surface area contributed by atoms with Gasteiger partial charge < -0.3 is 14.6 Å². The minimum Gasteiger partial charge on any atom is -0.490 e. The second-order valence-electron chi connectivity index (χ2n) is 5.25. The van der Waals surface area contributed by atoms with Gasteiger partial charge in [-0.2, -0.15) is 0 Å². The van der Waals surface area contributed by atoms with Gasteiger partial charge in [0.25, 0.3) is 5.90 Å². The first-order valence-corrected chi connectivity index (χ1v) is 6.76. The number of aromatic nitrogens is 1. The summed E-state index contributed by atoms with van der Waals surface area (Å²) in [6.45, 7) is 1.99. The quantitative estimate of drug-likeness (QED) is 0.873. The number of nitrogens with zero attached hydrogens (tertiary/aromatic N) is 3. The highest BCUT2D eigenvalue weighted by atomic mass is 16.3. The molecule has 5 nitrogen and oxygen atoms in total. The number of likely N-dealkylation sites (N-methyl/N-ethyl adjacent to an activating group) is 1. The second kappa shape index (κ2) is 4.77. The van der Waals surface area contributed by atoms with Gasteiger partial charge in [0.05, 0.1) is 5.69 Å². The van der Waals surface area contributed by atoms with E-state index in [1.807, 2.05) is 55.1 Å². The lowest BCUT2D eigenvalue weighted by atomic mass is 9.98. The molecule has 1 N–H and O–H groups in total. The van der Waals surface area contributed by atoms with Crippen LogP contribution in [0.15, 0.2) is 41.5 Å². The predicted octanol–water partition coefficient (Wildman–Crippen LogP) is 2.36. The number of carbonyl (C=O) groups excluding carboxylic acids is 1. The molecule has 5 heteroatoms. The number of amides is 1. The van der Waals surface area contributed by atoms with E-state index in [1.54, 1.807) is 7.05 Å². The minimum absolute atomic E-state index is 0.378. The van der Waals surface area contributed by atoms with Crippen LogP contribution in [0.5, 0.6) is 0 Å². The summed E-state index contributed by atoms with van der Waals surface area (Å²) in [5.41, 5.74) is 3.70. The average Bonchev–Trinajstić information content (AvgIpc) is 2.75. The van der Waals surface area contributed by atoms with E-state index in [9.17, 15) is 9.90 Å². The molecule has 0 spiro atoms. The molecular weight excluding hydrogens is 266 g/mol. The SMILES string of the molecule is Cc1c2c(cn1C)N(C)C(=O)C(O)=NC2c1ccccc1. The number of anilines is 1. The molecule has 108 valence electrons. The molecule has 0 fully saturated rings. The van der Waals surface area contributed by atoms with Crippen molar-refractivity contribution in [3.63, 3.8) is 0 Å². The van der Waals surface area contributed by atoms with E-state index in [1.165, 1.54) is 4.90 Å². The topological polar surface area (TPSA) is 57.8 Å². The number of aryl methyl sites for hydroxylation is 1. The molecule has 0 bridgehead atoms. The molecule has 1 aromatic carbocycles. The van der Waals surface area contributed by atoms with Gasteiger partial charge >= 0.3 is 5.91 Å². The van der Waals surface area contributed by atoms with Crippen molar-refractivity contribution in [2.75, 3.05) is 11.9 Å². The third kappa shape index (κ3) is 2.01. The first kappa shape index (κ1) is 13.4. The van der Waals surface area contributed by atoms with Crippen LogP contribution in [0, 0.1) is 6.92 Å². The van der Waals surface area contributed by atoms with Gasteiger partial charge in [0.1, 0.15) is 6.04 Å². The van der Waals surface area contributed by atoms with Crippen LogP contribution in [0.25, 0.3) is 0 Å². The van der Waals surface area contributed by atoms with Crippen molar-refractivity contribution < 1.29 is 9.90 Å². The van der Waals surface area contributed by atoms with Crippen molar-refractivity contribution in [2.24, 2.45) is 12.0 Å². The van der Waals surface area contributed by atoms with Crippen molar-refractivity contribution >= 4 is 17.5 Å². The molecular formula is C16H17N3O2. The molecule has 0 saturated carbocycles. The van der Waals surface area contributed by atoms with E-state index in [2.05, 4.69) is 4.99 Å². The van der Waals surface area contributed by atoms with Crippen molar-refractivity contribution in [1.82, 2.24) is 4.57 Å². The Labute approximate surface area is 123 Å². The Morgan fingerprint density at radius 2 is 1.86 bits per heavy atom. The lowest BCUT2D eigenvalue weighted by Gasteiger charge is -2.16. The molecule has 1 amide bonds. The number of hydrogen-bond acceptors (Lipinski definition) is 2. The zero-order valence-electron chi connectivity index (χ0n) is 12.2. The van der Waals surface area contributed by atoms with Crippen LogP contribution in [0.1, 0.15) is 22.9 Å². The Hall–Kier alpha value is -2.56. The van der Waals surface area contributed by atoms with Crippen LogP contribution in [0.4, 0.5) is 5.69 Å². The first-order valence-electron chi connectivity index (χ1n) is 6.76. The summed E-state index contributed by atoms with van der Waals surface area (Å²) in [4.78, 5) is 17.9. The Bertz CT molecular complexity index is 731. The van der Waals surface area contributed by atoms with Crippen LogP contribution in [-0.2, 0) is 11.8 Å². The molecule has 2 heterocycles. The lowest BCUT2D eigenvalue weighted by Crippen LogP contribution is -2.32. The Morgan fingerprint density at radius 1 is 1.19 bits per heavy atom. The van der Waals surface area contributed by atoms with Crippen molar-refractivity contribution in [1.29, 1.82) is 0 Å². The molecule has 0 aliphatic carbocycles. The van der Waals surface area contributed by atoms with Gasteiger partial charge in [-0.15, -0.1) is 0 Å². The summed E-state index contributed by atoms with van der Waals surface area (Å²) in [5, 5.41) is 9.96. The molecule has 0 radical (unpaired) electrons. The zero-order valence-corrected chi connectivity index (χ0v) is 12.2. The average molecular weight is 283 g/mol. The fraction of sp³-hybridized carbons (Fsp3) is 0.250. The van der Waals surface area contributed by atoms with E-state index in [0.717, 1.165) is 22.5 Å². The van der Waals surface area contributed by atoms with Crippen LogP contribution in [-0.4, -0.2) is 28.5 Å². The van der Waals surface area contributed by atoms with Gasteiger partial charge in [-0.05, 0) is 12.5 Å². The smallest absolute Gasteiger partial charge is 0.312 e. The number of aliphatic hydroxyl groups excluding tert-OH is 1. The van der Waals surface area contributed by atoms with Crippen molar-refractivity contribution in [2.45, 2.75) is 13.0 Å². The number of hydrogen-bond donors (Lipinski definition) is 1. The Morgan fingerprint density at radius 3 is 2.52 bits per heavy atom. The molecule has 3 rings (SSSR count). The number of aliphatic hydroxyl groups is 1. The molecule has 21 heavy (non-hydrogen) atoms. The monoisotopic (exact) mass is 283 g/mol. The summed E-state index contributed by atoms with van der Waals surface area (Å²) >= 11 is 0. The third-order valence-corrected chi connectivity index (χ3v) is 4.01. The highest BCUT2D eigenvalue weighted by molar-refractivity contribution is 6.40. The molecule has 2 aromatic rings. The molecule has 1 aliphatic rings. The van der Waals surface area contributed by atoms with E-state index >= 15 is 0 Å². The fourth-order valence-electron chi connectivity index (χ4n) is 2.71. The number of benzene rings is 1. The minimum atomic E-state index is -0.486. The number of rotatable bonds is 1. The summed E-state index contributed by atoms with van der Waals surface area (Å²) < 4.78 is 1.97. The van der Waals surface area contributed by atoms with Crippen LogP contribution < -0.4 is 4.90 Å². The summed E-state index contributed by atoms with van der Waals surface area (Å²) in [5.74, 6) is -0.940.